The first-order valence-corrected chi connectivity index (χ1v) is 5.62. The molecule has 0 heterocycles. The van der Waals surface area contributed by atoms with Crippen molar-refractivity contribution < 1.29 is 0 Å². The van der Waals surface area contributed by atoms with Gasteiger partial charge in [0.1, 0.15) is 0 Å². The highest BCUT2D eigenvalue weighted by atomic mass is 127. The molecule has 0 aromatic heterocycles. The number of hydrogen-bond donors (Lipinski definition) is 0. The Morgan fingerprint density at radius 3 is 3.08 bits per heavy atom. The van der Waals surface area contributed by atoms with Crippen LogP contribution in [0.25, 0.3) is 0 Å². The zero-order chi connectivity index (χ0) is 9.10. The van der Waals surface area contributed by atoms with Crippen LogP contribution in [-0.4, -0.2) is 6.21 Å². The van der Waals surface area contributed by atoms with Crippen LogP contribution in [0.1, 0.15) is 25.7 Å². The smallest absolute Gasteiger partial charge is 0.0831 e. The average Bonchev–Trinajstić information content (AvgIpc) is 2.19. The molecule has 0 saturated carbocycles. The normalized spacial score (nSPS) is 22.1. The molecule has 0 N–H and O–H groups in total. The molecule has 0 spiro atoms. The number of allylic oxidation sites excluding steroid dienone is 6. The monoisotopic (exact) mass is 285 g/mol. The van der Waals surface area contributed by atoms with Crippen molar-refractivity contribution in [1.82, 2.24) is 0 Å². The van der Waals surface area contributed by atoms with Crippen LogP contribution in [0.4, 0.5) is 0 Å². The van der Waals surface area contributed by atoms with Crippen molar-refractivity contribution in [2.75, 3.05) is 0 Å². The fourth-order valence-electron chi connectivity index (χ4n) is 1.97. The molecule has 2 aliphatic carbocycles. The predicted octanol–water partition coefficient (Wildman–Crippen LogP) is 3.77. The van der Waals surface area contributed by atoms with E-state index < -0.39 is 0 Å². The molecule has 0 aromatic carbocycles. The van der Waals surface area contributed by atoms with E-state index in [4.69, 9.17) is 0 Å². The molecule has 0 atom stereocenters. The Bertz CT molecular complexity index is 321. The van der Waals surface area contributed by atoms with Crippen LogP contribution in [0.2, 0.25) is 0 Å². The van der Waals surface area contributed by atoms with Gasteiger partial charge in [-0.25, -0.2) is 3.21 Å². The quantitative estimate of drug-likeness (QED) is 0.513. The van der Waals surface area contributed by atoms with Gasteiger partial charge in [0.15, 0.2) is 0 Å². The predicted molar refractivity (Wildman–Crippen MR) is 65.2 cm³/mol. The Labute approximate surface area is 92.8 Å². The molecule has 0 fully saturated rings. The lowest BCUT2D eigenvalue weighted by atomic mass is 9.85. The topological polar surface area (TPSA) is 12.4 Å². The van der Waals surface area contributed by atoms with Crippen molar-refractivity contribution >= 4 is 29.1 Å². The third-order valence-corrected chi connectivity index (χ3v) is 2.86. The highest BCUT2D eigenvalue weighted by molar-refractivity contribution is 14.1. The molecule has 0 unspecified atom stereocenters. The SMILES string of the molecule is IN=CC1=CCCC2=C1CCC=C2. The second kappa shape index (κ2) is 4.22. The minimum Gasteiger partial charge on any atom is -0.223 e. The number of hydrogen-bond acceptors (Lipinski definition) is 1. The summed E-state index contributed by atoms with van der Waals surface area (Å²) in [6, 6.07) is 0. The van der Waals surface area contributed by atoms with Gasteiger partial charge in [0, 0.05) is 6.21 Å². The van der Waals surface area contributed by atoms with E-state index in [9.17, 15) is 0 Å². The first-order valence-electron chi connectivity index (χ1n) is 4.65. The molecule has 13 heavy (non-hydrogen) atoms. The Morgan fingerprint density at radius 2 is 2.23 bits per heavy atom. The molecule has 0 bridgehead atoms. The second-order valence-electron chi connectivity index (χ2n) is 3.37. The zero-order valence-corrected chi connectivity index (χ0v) is 9.62. The van der Waals surface area contributed by atoms with Crippen LogP contribution in [0, 0.1) is 0 Å². The lowest BCUT2D eigenvalue weighted by Crippen LogP contribution is -2.03. The molecular weight excluding hydrogens is 273 g/mol. The molecule has 0 radical (unpaired) electrons. The summed E-state index contributed by atoms with van der Waals surface area (Å²) < 4.78 is 4.07. The van der Waals surface area contributed by atoms with Gasteiger partial charge in [0.2, 0.25) is 0 Å². The van der Waals surface area contributed by atoms with Crippen LogP contribution >= 0.6 is 22.9 Å². The third kappa shape index (κ3) is 1.93. The molecule has 0 saturated heterocycles. The summed E-state index contributed by atoms with van der Waals surface area (Å²) in [4.78, 5) is 0. The van der Waals surface area contributed by atoms with E-state index in [1.165, 1.54) is 42.4 Å². The van der Waals surface area contributed by atoms with Gasteiger partial charge in [-0.15, -0.1) is 0 Å². The van der Waals surface area contributed by atoms with Crippen molar-refractivity contribution in [1.29, 1.82) is 0 Å². The molecule has 0 aliphatic heterocycles. The van der Waals surface area contributed by atoms with Gasteiger partial charge in [-0.2, -0.15) is 0 Å². The Morgan fingerprint density at radius 1 is 1.31 bits per heavy atom. The highest BCUT2D eigenvalue weighted by Gasteiger charge is 2.14. The molecule has 2 aliphatic rings. The molecule has 2 heteroatoms. The van der Waals surface area contributed by atoms with Crippen molar-refractivity contribution in [2.45, 2.75) is 25.7 Å². The van der Waals surface area contributed by atoms with E-state index in [1.807, 2.05) is 29.1 Å². The van der Waals surface area contributed by atoms with Crippen molar-refractivity contribution in [3.8, 4) is 0 Å². The van der Waals surface area contributed by atoms with E-state index >= 15 is 0 Å². The number of halogens is 1. The molecule has 68 valence electrons. The molecule has 1 nitrogen and oxygen atoms in total. The Hall–Kier alpha value is -0.380. The van der Waals surface area contributed by atoms with Gasteiger partial charge in [0.25, 0.3) is 0 Å². The summed E-state index contributed by atoms with van der Waals surface area (Å²) in [6.45, 7) is 0. The number of nitrogens with zero attached hydrogens (tertiary/aromatic N) is 1. The molecule has 2 rings (SSSR count). The fourth-order valence-corrected chi connectivity index (χ4v) is 2.27. The van der Waals surface area contributed by atoms with Crippen LogP contribution < -0.4 is 0 Å². The van der Waals surface area contributed by atoms with Crippen LogP contribution in [0.5, 0.6) is 0 Å². The van der Waals surface area contributed by atoms with Gasteiger partial charge < -0.3 is 0 Å². The third-order valence-electron chi connectivity index (χ3n) is 2.58. The lowest BCUT2D eigenvalue weighted by molar-refractivity contribution is 0.876. The highest BCUT2D eigenvalue weighted by Crippen LogP contribution is 2.31. The standard InChI is InChI=1S/C11H12IN/c12-13-8-10-6-3-5-9-4-1-2-7-11(9)10/h1,4,6,8H,2-3,5,7H2. The van der Waals surface area contributed by atoms with E-state index in [1.54, 1.807) is 0 Å². The maximum Gasteiger partial charge on any atom is 0.0831 e. The summed E-state index contributed by atoms with van der Waals surface area (Å²) >= 11 is 2.04. The van der Waals surface area contributed by atoms with Crippen molar-refractivity contribution in [2.24, 2.45) is 3.21 Å². The largest absolute Gasteiger partial charge is 0.223 e. The number of rotatable bonds is 1. The first-order chi connectivity index (χ1) is 6.42. The molecule has 0 aromatic rings. The van der Waals surface area contributed by atoms with Gasteiger partial charge >= 0.3 is 0 Å². The van der Waals surface area contributed by atoms with E-state index in [0.29, 0.717) is 0 Å². The maximum atomic E-state index is 4.07. The lowest BCUT2D eigenvalue weighted by Gasteiger charge is -2.20. The van der Waals surface area contributed by atoms with Gasteiger partial charge in [-0.1, -0.05) is 18.2 Å². The summed E-state index contributed by atoms with van der Waals surface area (Å²) in [5.74, 6) is 0. The average molecular weight is 285 g/mol. The second-order valence-corrected chi connectivity index (χ2v) is 3.93. The van der Waals surface area contributed by atoms with Crippen molar-refractivity contribution in [3.05, 3.63) is 34.9 Å². The van der Waals surface area contributed by atoms with Gasteiger partial charge in [-0.05, 0) is 42.4 Å². The molecule has 0 amide bonds. The summed E-state index contributed by atoms with van der Waals surface area (Å²) in [5, 5.41) is 0. The summed E-state index contributed by atoms with van der Waals surface area (Å²) in [6.07, 6.45) is 13.6. The Balaban J connectivity index is 2.33. The van der Waals surface area contributed by atoms with Crippen LogP contribution in [0.3, 0.4) is 0 Å². The molecular formula is C11H12IN. The van der Waals surface area contributed by atoms with Gasteiger partial charge in [-0.3, -0.25) is 0 Å². The van der Waals surface area contributed by atoms with E-state index in [-0.39, 0.29) is 0 Å². The maximum absolute atomic E-state index is 4.07. The summed E-state index contributed by atoms with van der Waals surface area (Å²) in [7, 11) is 0. The van der Waals surface area contributed by atoms with E-state index in [0.717, 1.165) is 0 Å². The van der Waals surface area contributed by atoms with Crippen LogP contribution in [-0.2, 0) is 0 Å². The van der Waals surface area contributed by atoms with Crippen molar-refractivity contribution in [3.63, 3.8) is 0 Å². The van der Waals surface area contributed by atoms with Crippen LogP contribution in [0.15, 0.2) is 38.2 Å². The first kappa shape index (κ1) is 9.19. The van der Waals surface area contributed by atoms with Gasteiger partial charge in [0.05, 0.1) is 22.9 Å². The minimum atomic E-state index is 1.17. The fraction of sp³-hybridized carbons (Fsp3) is 0.364. The zero-order valence-electron chi connectivity index (χ0n) is 7.46. The summed E-state index contributed by atoms with van der Waals surface area (Å²) in [5.41, 5.74) is 4.40. The Kier molecular flexibility index (Phi) is 2.98. The van der Waals surface area contributed by atoms with E-state index in [2.05, 4.69) is 21.4 Å². The minimum absolute atomic E-state index is 1.17.